The lowest BCUT2D eigenvalue weighted by molar-refractivity contribution is -0.137. The van der Waals surface area contributed by atoms with Gasteiger partial charge in [0.15, 0.2) is 22.8 Å². The standard InChI is InChI=1S/C46H84N7O17P3S/c1-5-6-23-34(2)24-21-19-17-15-13-11-9-7-8-10-12-14-16-18-20-22-25-37(55)74-29-28-48-36(54)26-27-49-44(58)41(57)46(3,4)31-67-73(64,65)70-72(62,63)66-30-35-40(69-71(59,60)61)39(56)45(68-35)53-33-52-38-42(47)50-32-51-43(38)53/h32-35,39-41,45,56-57H,5-31H2,1-4H3,(H,48,54)(H,49,58)(H,62,63)(H,64,65)(H2,47,50,51)(H2,59,60,61). The summed E-state index contributed by atoms with van der Waals surface area (Å²) in [5, 5.41) is 26.7. The largest absolute Gasteiger partial charge is 0.481 e. The van der Waals surface area contributed by atoms with Gasteiger partial charge in [-0.15, -0.1) is 0 Å². The maximum absolute atomic E-state index is 12.8. The van der Waals surface area contributed by atoms with Crippen molar-refractivity contribution in [3.63, 3.8) is 0 Å². The van der Waals surface area contributed by atoms with E-state index >= 15 is 0 Å². The number of phosphoric acid groups is 3. The predicted molar refractivity (Wildman–Crippen MR) is 279 cm³/mol. The van der Waals surface area contributed by atoms with Crippen LogP contribution in [0.5, 0.6) is 0 Å². The third-order valence-electron chi connectivity index (χ3n) is 12.6. The van der Waals surface area contributed by atoms with Crippen molar-refractivity contribution in [1.82, 2.24) is 30.2 Å². The molecular weight excluding hydrogens is 1050 g/mol. The summed E-state index contributed by atoms with van der Waals surface area (Å²) >= 11 is 1.16. The van der Waals surface area contributed by atoms with Crippen LogP contribution in [0.15, 0.2) is 12.7 Å². The third kappa shape index (κ3) is 25.8. The topological polar surface area (TPSA) is 364 Å². The third-order valence-corrected chi connectivity index (χ3v) is 16.7. The number of hydrogen-bond donors (Lipinski definition) is 9. The molecule has 0 saturated carbocycles. The van der Waals surface area contributed by atoms with Crippen LogP contribution in [0.3, 0.4) is 0 Å². The van der Waals surface area contributed by atoms with Gasteiger partial charge in [-0.1, -0.05) is 161 Å². The number of nitrogen functional groups attached to an aromatic ring is 1. The second kappa shape index (κ2) is 33.8. The molecule has 74 heavy (non-hydrogen) atoms. The molecule has 1 aliphatic heterocycles. The zero-order chi connectivity index (χ0) is 54.8. The van der Waals surface area contributed by atoms with Gasteiger partial charge in [-0.2, -0.15) is 4.31 Å². The second-order valence-electron chi connectivity index (χ2n) is 19.7. The van der Waals surface area contributed by atoms with E-state index in [-0.39, 0.29) is 41.6 Å². The van der Waals surface area contributed by atoms with Crippen LogP contribution in [0, 0.1) is 11.3 Å². The first-order chi connectivity index (χ1) is 34.9. The summed E-state index contributed by atoms with van der Waals surface area (Å²) in [4.78, 5) is 88.6. The molecule has 10 N–H and O–H groups in total. The Balaban J connectivity index is 1.21. The number of phosphoric ester groups is 3. The molecule has 1 aliphatic rings. The fraction of sp³-hybridized carbons (Fsp3) is 0.826. The molecule has 2 amide bonds. The normalized spacial score (nSPS) is 19.8. The van der Waals surface area contributed by atoms with Gasteiger partial charge in [0.05, 0.1) is 19.5 Å². The Morgan fingerprint density at radius 2 is 1.38 bits per heavy atom. The predicted octanol–water partition coefficient (Wildman–Crippen LogP) is 7.51. The van der Waals surface area contributed by atoms with Crippen LogP contribution in [0.4, 0.5) is 5.82 Å². The Kier molecular flexibility index (Phi) is 30.0. The Bertz CT molecular complexity index is 2140. The molecule has 2 aromatic rings. The van der Waals surface area contributed by atoms with Crippen LogP contribution in [-0.2, 0) is 50.7 Å². The van der Waals surface area contributed by atoms with Gasteiger partial charge in [0.2, 0.25) is 11.8 Å². The molecule has 3 heterocycles. The number of nitrogens with two attached hydrogens (primary N) is 1. The molecule has 8 unspecified atom stereocenters. The fourth-order valence-electron chi connectivity index (χ4n) is 8.30. The maximum atomic E-state index is 12.8. The van der Waals surface area contributed by atoms with E-state index in [1.54, 1.807) is 0 Å². The molecule has 24 nitrogen and oxygen atoms in total. The van der Waals surface area contributed by atoms with Crippen molar-refractivity contribution in [1.29, 1.82) is 0 Å². The van der Waals surface area contributed by atoms with E-state index in [1.165, 1.54) is 123 Å². The highest BCUT2D eigenvalue weighted by Crippen LogP contribution is 2.61. The molecule has 1 fully saturated rings. The van der Waals surface area contributed by atoms with Crippen LogP contribution in [0.25, 0.3) is 11.2 Å². The number of carbonyl (C=O) groups is 3. The zero-order valence-electron chi connectivity index (χ0n) is 43.5. The number of aromatic nitrogens is 4. The van der Waals surface area contributed by atoms with E-state index < -0.39 is 84.6 Å². The first kappa shape index (κ1) is 65.8. The van der Waals surface area contributed by atoms with Crippen molar-refractivity contribution in [3.8, 4) is 0 Å². The first-order valence-corrected chi connectivity index (χ1v) is 31.5. The van der Waals surface area contributed by atoms with Gasteiger partial charge in [-0.25, -0.2) is 28.6 Å². The number of carbonyl (C=O) groups excluding carboxylic acids is 3. The van der Waals surface area contributed by atoms with E-state index in [0.717, 1.165) is 54.2 Å². The van der Waals surface area contributed by atoms with Crippen molar-refractivity contribution in [2.45, 2.75) is 200 Å². The van der Waals surface area contributed by atoms with Gasteiger partial charge < -0.3 is 50.9 Å². The highest BCUT2D eigenvalue weighted by Gasteiger charge is 2.50. The van der Waals surface area contributed by atoms with Gasteiger partial charge in [0, 0.05) is 37.1 Å². The number of aliphatic hydroxyl groups is 2. The molecule has 426 valence electrons. The monoisotopic (exact) mass is 1130 g/mol. The SMILES string of the molecule is CCCCC(C)CCCCCCCCCCCCCCCCCCC(=O)SCCNC(=O)CCNC(=O)C(O)C(C)(C)COP(=O)(O)OP(=O)(O)OCC1OC(n2cnc3c(N)ncnc32)C(O)C1OP(=O)(O)O. The number of fused-ring (bicyclic) bond motifs is 1. The molecule has 0 aromatic carbocycles. The second-order valence-corrected chi connectivity index (χ2v) is 25.1. The van der Waals surface area contributed by atoms with Crippen molar-refractivity contribution in [2.24, 2.45) is 11.3 Å². The molecule has 28 heteroatoms. The Labute approximate surface area is 439 Å². The molecule has 3 rings (SSSR count). The fourth-order valence-corrected chi connectivity index (χ4v) is 11.9. The number of thioether (sulfide) groups is 1. The minimum absolute atomic E-state index is 0.0345. The van der Waals surface area contributed by atoms with Crippen LogP contribution < -0.4 is 16.4 Å². The molecular formula is C46H84N7O17P3S. The number of rotatable bonds is 41. The van der Waals surface area contributed by atoms with E-state index in [9.17, 15) is 57.9 Å². The molecule has 2 aromatic heterocycles. The summed E-state index contributed by atoms with van der Waals surface area (Å²) in [5.74, 6) is -0.123. The number of aliphatic hydroxyl groups excluding tert-OH is 2. The Morgan fingerprint density at radius 1 is 0.811 bits per heavy atom. The van der Waals surface area contributed by atoms with Crippen LogP contribution >= 0.6 is 35.2 Å². The number of nitrogens with zero attached hydrogens (tertiary/aromatic N) is 4. The van der Waals surface area contributed by atoms with Gasteiger partial charge >= 0.3 is 23.5 Å². The number of anilines is 1. The van der Waals surface area contributed by atoms with Gasteiger partial charge in [-0.3, -0.25) is 32.5 Å². The first-order valence-electron chi connectivity index (χ1n) is 26.0. The Morgan fingerprint density at radius 3 is 1.97 bits per heavy atom. The molecule has 0 bridgehead atoms. The van der Waals surface area contributed by atoms with Crippen molar-refractivity contribution < 1.29 is 80.5 Å². The summed E-state index contributed by atoms with van der Waals surface area (Å²) in [6.07, 6.45) is 19.4. The molecule has 1 saturated heterocycles. The maximum Gasteiger partial charge on any atom is 0.481 e. The highest BCUT2D eigenvalue weighted by atomic mass is 32.2. The summed E-state index contributed by atoms with van der Waals surface area (Å²) in [7, 11) is -16.4. The minimum atomic E-state index is -5.58. The lowest BCUT2D eigenvalue weighted by Crippen LogP contribution is -2.46. The smallest absolute Gasteiger partial charge is 0.386 e. The molecule has 8 atom stereocenters. The van der Waals surface area contributed by atoms with Crippen LogP contribution in [0.2, 0.25) is 0 Å². The highest BCUT2D eigenvalue weighted by molar-refractivity contribution is 8.13. The van der Waals surface area contributed by atoms with E-state index in [0.29, 0.717) is 12.2 Å². The van der Waals surface area contributed by atoms with Gasteiger partial charge in [0.1, 0.15) is 36.3 Å². The molecule has 0 spiro atoms. The number of imidazole rings is 1. The van der Waals surface area contributed by atoms with Crippen LogP contribution in [0.1, 0.15) is 175 Å². The summed E-state index contributed by atoms with van der Waals surface area (Å²) in [6.45, 7) is 5.26. The van der Waals surface area contributed by atoms with E-state index in [2.05, 4.69) is 48.3 Å². The number of ether oxygens (including phenoxy) is 1. The lowest BCUT2D eigenvalue weighted by Gasteiger charge is -2.30. The van der Waals surface area contributed by atoms with Crippen molar-refractivity contribution >= 4 is 69.1 Å². The number of amides is 2. The van der Waals surface area contributed by atoms with Gasteiger partial charge in [-0.05, 0) is 12.3 Å². The quantitative estimate of drug-likeness (QED) is 0.0230. The summed E-state index contributed by atoms with van der Waals surface area (Å²) in [5.41, 5.74) is 4.30. The average Bonchev–Trinajstić information content (AvgIpc) is 3.89. The van der Waals surface area contributed by atoms with Crippen LogP contribution in [-0.4, -0.2) is 123 Å². The van der Waals surface area contributed by atoms with Crippen molar-refractivity contribution in [3.05, 3.63) is 12.7 Å². The zero-order valence-corrected chi connectivity index (χ0v) is 47.0. The Hall–Kier alpha value is -2.44. The van der Waals surface area contributed by atoms with E-state index in [4.69, 9.17) is 19.5 Å². The summed E-state index contributed by atoms with van der Waals surface area (Å²) < 4.78 is 62.6. The molecule has 0 radical (unpaired) electrons. The van der Waals surface area contributed by atoms with Gasteiger partial charge in [0.25, 0.3) is 0 Å². The number of unbranched alkanes of at least 4 members (excludes halogenated alkanes) is 16. The minimum Gasteiger partial charge on any atom is -0.386 e. The number of hydrogen-bond acceptors (Lipinski definition) is 18. The lowest BCUT2D eigenvalue weighted by atomic mass is 9.87. The summed E-state index contributed by atoms with van der Waals surface area (Å²) in [6, 6.07) is 0. The number of nitrogens with one attached hydrogen (secondary N) is 2. The van der Waals surface area contributed by atoms with Crippen molar-refractivity contribution in [2.75, 3.05) is 37.8 Å². The van der Waals surface area contributed by atoms with E-state index in [1.807, 2.05) is 0 Å². The molecule has 0 aliphatic carbocycles. The average molecular weight is 1130 g/mol.